The van der Waals surface area contributed by atoms with E-state index in [1.165, 1.54) is 12.1 Å². The summed E-state index contributed by atoms with van der Waals surface area (Å²) in [7, 11) is 0. The average Bonchev–Trinajstić information content (AvgIpc) is 3.13. The number of rotatable bonds is 6. The molecule has 1 unspecified atom stereocenters. The third-order valence-electron chi connectivity index (χ3n) is 4.78. The van der Waals surface area contributed by atoms with Crippen molar-refractivity contribution in [2.45, 2.75) is 26.3 Å². The molecular weight excluding hydrogens is 329 g/mol. The third kappa shape index (κ3) is 3.99. The number of amides is 1. The summed E-state index contributed by atoms with van der Waals surface area (Å²) in [6, 6.07) is 16.0. The highest BCUT2D eigenvalue weighted by Crippen LogP contribution is 2.33. The van der Waals surface area contributed by atoms with Gasteiger partial charge >= 0.3 is 0 Å². The first-order valence-electron chi connectivity index (χ1n) is 9.05. The van der Waals surface area contributed by atoms with Crippen LogP contribution in [-0.2, 0) is 4.79 Å². The Kier molecular flexibility index (Phi) is 5.78. The van der Waals surface area contributed by atoms with Crippen LogP contribution in [0.25, 0.3) is 0 Å². The minimum absolute atomic E-state index is 0.0334. The van der Waals surface area contributed by atoms with E-state index in [4.69, 9.17) is 0 Å². The molecule has 0 saturated carbocycles. The first-order chi connectivity index (χ1) is 12.6. The summed E-state index contributed by atoms with van der Waals surface area (Å²) in [5, 5.41) is 6.22. The molecule has 0 aromatic heterocycles. The van der Waals surface area contributed by atoms with Crippen LogP contribution in [0.4, 0.5) is 4.39 Å². The van der Waals surface area contributed by atoms with Gasteiger partial charge < -0.3 is 0 Å². The van der Waals surface area contributed by atoms with Gasteiger partial charge in [-0.25, -0.2) is 9.40 Å². The fraction of sp³-hybridized carbons (Fsp3) is 0.333. The topological polar surface area (TPSA) is 35.9 Å². The van der Waals surface area contributed by atoms with Crippen LogP contribution in [0.3, 0.4) is 0 Å². The molecule has 0 bridgehead atoms. The molecule has 1 aliphatic heterocycles. The zero-order valence-corrected chi connectivity index (χ0v) is 15.2. The number of carbonyl (C=O) groups excluding carboxylic acids is 1. The number of halogens is 1. The number of hydrogen-bond acceptors (Lipinski definition) is 3. The Morgan fingerprint density at radius 2 is 1.77 bits per heavy atom. The standard InChI is InChI=1S/C21H24FN3O/c1-3-24(4-2)15-21(26)25-20(17-10-12-18(22)13-11-17)14-19(23-25)16-8-6-5-7-9-16/h5-13,20H,3-4,14-15H2,1-2H3. The predicted octanol–water partition coefficient (Wildman–Crippen LogP) is 3.85. The lowest BCUT2D eigenvalue weighted by atomic mass is 9.98. The Bertz CT molecular complexity index is 770. The van der Waals surface area contributed by atoms with E-state index >= 15 is 0 Å². The number of hydrazone groups is 1. The van der Waals surface area contributed by atoms with E-state index in [0.29, 0.717) is 13.0 Å². The van der Waals surface area contributed by atoms with Crippen LogP contribution in [-0.4, -0.2) is 41.2 Å². The van der Waals surface area contributed by atoms with Gasteiger partial charge in [0.15, 0.2) is 0 Å². The highest BCUT2D eigenvalue weighted by atomic mass is 19.1. The predicted molar refractivity (Wildman–Crippen MR) is 101 cm³/mol. The molecule has 1 amide bonds. The number of hydrogen-bond donors (Lipinski definition) is 0. The molecule has 136 valence electrons. The molecule has 0 fully saturated rings. The molecule has 0 radical (unpaired) electrons. The summed E-state index contributed by atoms with van der Waals surface area (Å²) in [6.07, 6.45) is 0.625. The molecule has 26 heavy (non-hydrogen) atoms. The highest BCUT2D eigenvalue weighted by Gasteiger charge is 2.33. The number of nitrogens with zero attached hydrogens (tertiary/aromatic N) is 3. The Balaban J connectivity index is 1.89. The van der Waals surface area contributed by atoms with E-state index in [1.54, 1.807) is 17.1 Å². The first kappa shape index (κ1) is 18.3. The lowest BCUT2D eigenvalue weighted by Crippen LogP contribution is -2.38. The summed E-state index contributed by atoms with van der Waals surface area (Å²) in [5.41, 5.74) is 2.79. The van der Waals surface area contributed by atoms with Crippen molar-refractivity contribution in [1.82, 2.24) is 9.91 Å². The molecule has 0 saturated heterocycles. The van der Waals surface area contributed by atoms with Gasteiger partial charge in [-0.05, 0) is 36.3 Å². The molecular formula is C21H24FN3O. The van der Waals surface area contributed by atoms with Gasteiger partial charge in [-0.1, -0.05) is 56.3 Å². The lowest BCUT2D eigenvalue weighted by Gasteiger charge is -2.25. The Morgan fingerprint density at radius 3 is 2.38 bits per heavy atom. The van der Waals surface area contributed by atoms with Gasteiger partial charge in [0.05, 0.1) is 18.3 Å². The SMILES string of the molecule is CCN(CC)CC(=O)N1N=C(c2ccccc2)CC1c1ccc(F)cc1. The van der Waals surface area contributed by atoms with Gasteiger partial charge in [-0.2, -0.15) is 5.10 Å². The van der Waals surface area contributed by atoms with Crippen LogP contribution in [0, 0.1) is 5.82 Å². The molecule has 1 aliphatic rings. The molecule has 3 rings (SSSR count). The summed E-state index contributed by atoms with van der Waals surface area (Å²) in [5.74, 6) is -0.314. The summed E-state index contributed by atoms with van der Waals surface area (Å²) in [4.78, 5) is 15.0. The van der Waals surface area contributed by atoms with Gasteiger partial charge in [0.2, 0.25) is 0 Å². The van der Waals surface area contributed by atoms with E-state index < -0.39 is 0 Å². The molecule has 0 spiro atoms. The van der Waals surface area contributed by atoms with Crippen molar-refractivity contribution in [2.24, 2.45) is 5.10 Å². The van der Waals surface area contributed by atoms with Gasteiger partial charge in [-0.15, -0.1) is 0 Å². The first-order valence-corrected chi connectivity index (χ1v) is 9.05. The average molecular weight is 353 g/mol. The second-order valence-corrected chi connectivity index (χ2v) is 6.38. The van der Waals surface area contributed by atoms with Crippen molar-refractivity contribution >= 4 is 11.6 Å². The van der Waals surface area contributed by atoms with E-state index in [9.17, 15) is 9.18 Å². The monoisotopic (exact) mass is 353 g/mol. The smallest absolute Gasteiger partial charge is 0.257 e. The van der Waals surface area contributed by atoms with Crippen LogP contribution in [0.1, 0.15) is 37.4 Å². The van der Waals surface area contributed by atoms with Crippen molar-refractivity contribution in [3.63, 3.8) is 0 Å². The second-order valence-electron chi connectivity index (χ2n) is 6.38. The second kappa shape index (κ2) is 8.23. The number of carbonyl (C=O) groups is 1. The molecule has 4 nitrogen and oxygen atoms in total. The quantitative estimate of drug-likeness (QED) is 0.791. The maximum absolute atomic E-state index is 13.3. The maximum atomic E-state index is 13.3. The van der Waals surface area contributed by atoms with Crippen LogP contribution in [0.5, 0.6) is 0 Å². The Labute approximate surface area is 153 Å². The highest BCUT2D eigenvalue weighted by molar-refractivity contribution is 6.03. The fourth-order valence-corrected chi connectivity index (χ4v) is 3.20. The van der Waals surface area contributed by atoms with Crippen LogP contribution in [0.15, 0.2) is 59.7 Å². The largest absolute Gasteiger partial charge is 0.295 e. The van der Waals surface area contributed by atoms with E-state index in [0.717, 1.165) is 29.9 Å². The van der Waals surface area contributed by atoms with E-state index in [-0.39, 0.29) is 17.8 Å². The maximum Gasteiger partial charge on any atom is 0.257 e. The van der Waals surface area contributed by atoms with Gasteiger partial charge in [0.25, 0.3) is 5.91 Å². The summed E-state index contributed by atoms with van der Waals surface area (Å²) < 4.78 is 13.3. The summed E-state index contributed by atoms with van der Waals surface area (Å²) >= 11 is 0. The minimum atomic E-state index is -0.281. The minimum Gasteiger partial charge on any atom is -0.295 e. The van der Waals surface area contributed by atoms with Gasteiger partial charge in [0, 0.05) is 6.42 Å². The number of likely N-dealkylation sites (N-methyl/N-ethyl adjacent to an activating group) is 1. The van der Waals surface area contributed by atoms with E-state index in [1.807, 2.05) is 44.2 Å². The molecule has 0 N–H and O–H groups in total. The van der Waals surface area contributed by atoms with Crippen LogP contribution >= 0.6 is 0 Å². The molecule has 1 atom stereocenters. The van der Waals surface area contributed by atoms with Crippen molar-refractivity contribution in [1.29, 1.82) is 0 Å². The van der Waals surface area contributed by atoms with Gasteiger partial charge in [-0.3, -0.25) is 9.69 Å². The van der Waals surface area contributed by atoms with Crippen LogP contribution < -0.4 is 0 Å². The van der Waals surface area contributed by atoms with Gasteiger partial charge in [0.1, 0.15) is 5.82 Å². The molecule has 0 aliphatic carbocycles. The van der Waals surface area contributed by atoms with Crippen molar-refractivity contribution in [3.8, 4) is 0 Å². The lowest BCUT2D eigenvalue weighted by molar-refractivity contribution is -0.134. The molecule has 1 heterocycles. The van der Waals surface area contributed by atoms with Crippen molar-refractivity contribution < 1.29 is 9.18 Å². The van der Waals surface area contributed by atoms with Crippen molar-refractivity contribution in [3.05, 3.63) is 71.5 Å². The van der Waals surface area contributed by atoms with Crippen molar-refractivity contribution in [2.75, 3.05) is 19.6 Å². The number of benzene rings is 2. The zero-order chi connectivity index (χ0) is 18.5. The summed E-state index contributed by atoms with van der Waals surface area (Å²) in [6.45, 7) is 6.03. The van der Waals surface area contributed by atoms with E-state index in [2.05, 4.69) is 10.0 Å². The normalized spacial score (nSPS) is 16.8. The Morgan fingerprint density at radius 1 is 1.12 bits per heavy atom. The van der Waals surface area contributed by atoms with Crippen LogP contribution in [0.2, 0.25) is 0 Å². The fourth-order valence-electron chi connectivity index (χ4n) is 3.20. The molecule has 5 heteroatoms. The zero-order valence-electron chi connectivity index (χ0n) is 15.2. The third-order valence-corrected chi connectivity index (χ3v) is 4.78. The molecule has 2 aromatic carbocycles. The molecule has 2 aromatic rings. The Hall–Kier alpha value is -2.53.